The summed E-state index contributed by atoms with van der Waals surface area (Å²) in [7, 11) is 0. The molecule has 1 aromatic heterocycles. The van der Waals surface area contributed by atoms with E-state index in [-0.39, 0.29) is 16.6 Å². The fourth-order valence-electron chi connectivity index (χ4n) is 3.87. The van der Waals surface area contributed by atoms with Gasteiger partial charge in [0, 0.05) is 11.8 Å². The van der Waals surface area contributed by atoms with Gasteiger partial charge in [-0.3, -0.25) is 9.48 Å². The lowest BCUT2D eigenvalue weighted by Gasteiger charge is -2.53. The van der Waals surface area contributed by atoms with Crippen LogP contribution in [0, 0.1) is 0 Å². The van der Waals surface area contributed by atoms with Gasteiger partial charge in [0.2, 0.25) is 0 Å². The topological polar surface area (TPSA) is 26.9 Å². The Bertz CT molecular complexity index is 515. The SMILES string of the molecule is CCCCc1cc(=O)n2n1C1(C)CCC2(C)CC1. The van der Waals surface area contributed by atoms with Crippen molar-refractivity contribution < 1.29 is 0 Å². The largest absolute Gasteiger partial charge is 0.280 e. The maximum Gasteiger partial charge on any atom is 0.267 e. The van der Waals surface area contributed by atoms with Crippen LogP contribution in [0.5, 0.6) is 0 Å². The first-order valence-corrected chi connectivity index (χ1v) is 7.35. The van der Waals surface area contributed by atoms with Crippen LogP contribution in [0.1, 0.15) is 65.0 Å². The maximum absolute atomic E-state index is 12.3. The minimum absolute atomic E-state index is 0.0688. The molecule has 0 aromatic carbocycles. The van der Waals surface area contributed by atoms with Gasteiger partial charge >= 0.3 is 0 Å². The third-order valence-electron chi connectivity index (χ3n) is 5.18. The van der Waals surface area contributed by atoms with Gasteiger partial charge in [0.25, 0.3) is 5.56 Å². The summed E-state index contributed by atoms with van der Waals surface area (Å²) in [5, 5.41) is 0. The Morgan fingerprint density at radius 2 is 1.67 bits per heavy atom. The highest BCUT2D eigenvalue weighted by molar-refractivity contribution is 5.14. The van der Waals surface area contributed by atoms with Crippen molar-refractivity contribution in [2.24, 2.45) is 0 Å². The van der Waals surface area contributed by atoms with Gasteiger partial charge in [0.15, 0.2) is 0 Å². The highest BCUT2D eigenvalue weighted by Gasteiger charge is 2.49. The van der Waals surface area contributed by atoms with Gasteiger partial charge in [-0.1, -0.05) is 13.3 Å². The first kappa shape index (κ1) is 12.1. The molecule has 1 saturated carbocycles. The molecule has 0 saturated heterocycles. The maximum atomic E-state index is 12.3. The highest BCUT2D eigenvalue weighted by atomic mass is 16.1. The van der Waals surface area contributed by atoms with Crippen LogP contribution >= 0.6 is 0 Å². The van der Waals surface area contributed by atoms with E-state index in [9.17, 15) is 4.79 Å². The number of hydrogen-bond donors (Lipinski definition) is 0. The van der Waals surface area contributed by atoms with Crippen LogP contribution in [0.2, 0.25) is 0 Å². The Labute approximate surface area is 109 Å². The van der Waals surface area contributed by atoms with Crippen LogP contribution in [0.4, 0.5) is 0 Å². The average molecular weight is 248 g/mol. The molecule has 18 heavy (non-hydrogen) atoms. The fraction of sp³-hybridized carbons (Fsp3) is 0.800. The second kappa shape index (κ2) is 3.75. The Morgan fingerprint density at radius 1 is 1.11 bits per heavy atom. The number of hydrogen-bond acceptors (Lipinski definition) is 1. The fourth-order valence-corrected chi connectivity index (χ4v) is 3.87. The quantitative estimate of drug-likeness (QED) is 0.807. The zero-order valence-corrected chi connectivity index (χ0v) is 11.8. The lowest BCUT2D eigenvalue weighted by Crippen LogP contribution is -2.57. The molecule has 3 aliphatic rings. The van der Waals surface area contributed by atoms with Gasteiger partial charge in [-0.25, -0.2) is 4.68 Å². The molecule has 0 spiro atoms. The number of aromatic nitrogens is 2. The zero-order chi connectivity index (χ0) is 13.0. The second-order valence-corrected chi connectivity index (χ2v) is 6.69. The molecule has 0 radical (unpaired) electrons. The predicted molar refractivity (Wildman–Crippen MR) is 73.1 cm³/mol. The van der Waals surface area contributed by atoms with Crippen LogP contribution in [0.15, 0.2) is 10.9 Å². The Hall–Kier alpha value is -0.990. The summed E-state index contributed by atoms with van der Waals surface area (Å²) >= 11 is 0. The van der Waals surface area contributed by atoms with Crippen molar-refractivity contribution in [2.45, 2.75) is 76.8 Å². The summed E-state index contributed by atoms with van der Waals surface area (Å²) in [6.07, 6.45) is 8.16. The molecule has 1 aliphatic carbocycles. The number of aryl methyl sites for hydroxylation is 1. The standard InChI is InChI=1S/C15H24N2O/c1-4-5-6-12-11-13(18)17-15(3)9-7-14(2,8-10-15)16(12)17/h11H,4-10H2,1-3H3. The van der Waals surface area contributed by atoms with Gasteiger partial charge in [-0.15, -0.1) is 0 Å². The molecule has 3 heteroatoms. The van der Waals surface area contributed by atoms with E-state index < -0.39 is 0 Å². The molecular formula is C15H24N2O. The summed E-state index contributed by atoms with van der Waals surface area (Å²) in [5.41, 5.74) is 1.73. The van der Waals surface area contributed by atoms with E-state index in [2.05, 4.69) is 30.1 Å². The molecule has 1 fully saturated rings. The molecular weight excluding hydrogens is 224 g/mol. The Kier molecular flexibility index (Phi) is 2.51. The molecule has 1 aromatic rings. The highest BCUT2D eigenvalue weighted by Crippen LogP contribution is 2.48. The second-order valence-electron chi connectivity index (χ2n) is 6.69. The van der Waals surface area contributed by atoms with E-state index in [1.807, 2.05) is 6.07 Å². The first-order valence-electron chi connectivity index (χ1n) is 7.35. The summed E-state index contributed by atoms with van der Waals surface area (Å²) in [4.78, 5) is 12.3. The molecule has 0 N–H and O–H groups in total. The average Bonchev–Trinajstić information content (AvgIpc) is 2.69. The number of unbranched alkanes of at least 4 members (excludes halogenated alkanes) is 1. The number of rotatable bonds is 3. The van der Waals surface area contributed by atoms with E-state index in [1.54, 1.807) is 0 Å². The van der Waals surface area contributed by atoms with Crippen molar-refractivity contribution in [3.05, 3.63) is 22.1 Å². The van der Waals surface area contributed by atoms with Crippen molar-refractivity contribution >= 4 is 0 Å². The smallest absolute Gasteiger partial charge is 0.267 e. The van der Waals surface area contributed by atoms with E-state index >= 15 is 0 Å². The van der Waals surface area contributed by atoms with Gasteiger partial charge in [0.05, 0.1) is 11.1 Å². The molecule has 0 atom stereocenters. The summed E-state index contributed by atoms with van der Waals surface area (Å²) in [6, 6.07) is 1.89. The third kappa shape index (κ3) is 1.45. The molecule has 3 heterocycles. The van der Waals surface area contributed by atoms with Gasteiger partial charge in [-0.2, -0.15) is 0 Å². The Morgan fingerprint density at radius 3 is 2.22 bits per heavy atom. The third-order valence-corrected chi connectivity index (χ3v) is 5.18. The molecule has 2 aliphatic heterocycles. The molecule has 100 valence electrons. The van der Waals surface area contributed by atoms with Crippen LogP contribution in [0.25, 0.3) is 0 Å². The monoisotopic (exact) mass is 248 g/mol. The summed E-state index contributed by atoms with van der Waals surface area (Å²) in [5.74, 6) is 0. The van der Waals surface area contributed by atoms with Crippen LogP contribution in [0.3, 0.4) is 0 Å². The van der Waals surface area contributed by atoms with E-state index in [0.717, 1.165) is 19.3 Å². The van der Waals surface area contributed by atoms with Gasteiger partial charge in [0.1, 0.15) is 0 Å². The molecule has 4 rings (SSSR count). The lowest BCUT2D eigenvalue weighted by atomic mass is 9.72. The van der Waals surface area contributed by atoms with Crippen molar-refractivity contribution in [3.63, 3.8) is 0 Å². The minimum Gasteiger partial charge on any atom is -0.280 e. The van der Waals surface area contributed by atoms with Crippen molar-refractivity contribution in [1.82, 2.24) is 9.36 Å². The molecule has 0 amide bonds. The lowest BCUT2D eigenvalue weighted by molar-refractivity contribution is -0.00348. The molecule has 0 unspecified atom stereocenters. The number of nitrogens with zero attached hydrogens (tertiary/aromatic N) is 2. The van der Waals surface area contributed by atoms with Crippen LogP contribution in [-0.4, -0.2) is 9.36 Å². The predicted octanol–water partition coefficient (Wildman–Crippen LogP) is 3.01. The van der Waals surface area contributed by atoms with Crippen molar-refractivity contribution in [2.75, 3.05) is 0 Å². The van der Waals surface area contributed by atoms with Gasteiger partial charge in [-0.05, 0) is 52.4 Å². The van der Waals surface area contributed by atoms with E-state index in [1.165, 1.54) is 31.4 Å². The minimum atomic E-state index is 0.0688. The number of fused-ring (bicyclic) bond motifs is 2. The van der Waals surface area contributed by atoms with Crippen molar-refractivity contribution in [1.29, 1.82) is 0 Å². The first-order chi connectivity index (χ1) is 8.50. The van der Waals surface area contributed by atoms with Crippen LogP contribution in [-0.2, 0) is 17.5 Å². The van der Waals surface area contributed by atoms with Gasteiger partial charge < -0.3 is 0 Å². The van der Waals surface area contributed by atoms with E-state index in [4.69, 9.17) is 0 Å². The van der Waals surface area contributed by atoms with E-state index in [0.29, 0.717) is 0 Å². The molecule has 2 bridgehead atoms. The zero-order valence-electron chi connectivity index (χ0n) is 11.8. The summed E-state index contributed by atoms with van der Waals surface area (Å²) < 4.78 is 4.43. The van der Waals surface area contributed by atoms with Crippen LogP contribution < -0.4 is 5.56 Å². The molecule has 3 nitrogen and oxygen atoms in total. The van der Waals surface area contributed by atoms with Crippen molar-refractivity contribution in [3.8, 4) is 0 Å². The Balaban J connectivity index is 2.16. The normalized spacial score (nSPS) is 33.7. The summed E-state index contributed by atoms with van der Waals surface area (Å²) in [6.45, 7) is 6.80.